The molecule has 0 aliphatic rings. The highest BCUT2D eigenvalue weighted by Gasteiger charge is 1.94. The lowest BCUT2D eigenvalue weighted by Gasteiger charge is -2.00. The predicted octanol–water partition coefficient (Wildman–Crippen LogP) is 12.0. The fourth-order valence-corrected chi connectivity index (χ4v) is 3.15. The van der Waals surface area contributed by atoms with Crippen molar-refractivity contribution in [2.45, 2.75) is 137 Å². The predicted molar refractivity (Wildman–Crippen MR) is 150 cm³/mol. The van der Waals surface area contributed by atoms with Gasteiger partial charge in [-0.25, -0.2) is 4.39 Å². The third-order valence-corrected chi connectivity index (χ3v) is 5.24. The van der Waals surface area contributed by atoms with Crippen LogP contribution in [0, 0.1) is 12.3 Å². The van der Waals surface area contributed by atoms with E-state index >= 15 is 0 Å². The number of unbranched alkanes of at least 4 members (excludes halogenated alkanes) is 15. The van der Waals surface area contributed by atoms with Crippen molar-refractivity contribution in [3.05, 3.63) is 9.91 Å². The number of alkyl halides is 2. The highest BCUT2D eigenvalue weighted by molar-refractivity contribution is 14.1. The Morgan fingerprint density at radius 1 is 0.767 bits per heavy atom. The summed E-state index contributed by atoms with van der Waals surface area (Å²) >= 11 is 11.5. The zero-order valence-corrected chi connectivity index (χ0v) is 22.8. The summed E-state index contributed by atoms with van der Waals surface area (Å²) in [6.45, 7) is 4.49. The van der Waals surface area contributed by atoms with Gasteiger partial charge in [0.25, 0.3) is 0 Å². The molecular weight excluding hydrogens is 529 g/mol. The maximum atomic E-state index is 12.7. The normalized spacial score (nSPS) is 10.1. The molecule has 0 heterocycles. The van der Waals surface area contributed by atoms with E-state index in [-0.39, 0.29) is 18.6 Å². The second-order valence-corrected chi connectivity index (χ2v) is 8.74. The first-order valence-electron chi connectivity index (χ1n) is 11.6. The van der Waals surface area contributed by atoms with Crippen LogP contribution in [0.3, 0.4) is 0 Å². The monoisotopic (exact) mass is 578 g/mol. The van der Waals surface area contributed by atoms with Crippen molar-refractivity contribution in [3.8, 4) is 12.3 Å². The molecule has 182 valence electrons. The molecule has 0 rings (SSSR count). The molecule has 0 atom stereocenters. The average Bonchev–Trinajstić information content (AvgIpc) is 2.73. The van der Waals surface area contributed by atoms with E-state index in [4.69, 9.17) is 29.6 Å². The molecule has 0 aromatic carbocycles. The molecule has 0 N–H and O–H groups in total. The van der Waals surface area contributed by atoms with Gasteiger partial charge in [-0.3, -0.25) is 0 Å². The number of hydrogen-bond acceptors (Lipinski definition) is 0. The zero-order valence-electron chi connectivity index (χ0n) is 19.1. The van der Waals surface area contributed by atoms with Crippen molar-refractivity contribution in [3.63, 3.8) is 0 Å². The first-order valence-corrected chi connectivity index (χ1v) is 14.0. The van der Waals surface area contributed by atoms with Gasteiger partial charge in [0.05, 0.1) is 5.34 Å². The summed E-state index contributed by atoms with van der Waals surface area (Å²) in [5.74, 6) is 2.72. The number of allylic oxidation sites excluding steroid dienone is 1. The Labute approximate surface area is 213 Å². The van der Waals surface area contributed by atoms with Crippen molar-refractivity contribution < 1.29 is 4.39 Å². The van der Waals surface area contributed by atoms with Crippen molar-refractivity contribution in [2.75, 3.05) is 5.34 Å². The first kappa shape index (κ1) is 37.8. The lowest BCUT2D eigenvalue weighted by atomic mass is 10.1. The lowest BCUT2D eigenvalue weighted by Crippen LogP contribution is -1.81. The molecule has 0 amide bonds. The Hall–Kier alpha value is 0.540. The third kappa shape index (κ3) is 46.7. The Bertz CT molecular complexity index is 340. The Morgan fingerprint density at radius 3 is 1.43 bits per heavy atom. The summed E-state index contributed by atoms with van der Waals surface area (Å²) in [7, 11) is 0. The van der Waals surface area contributed by atoms with Crippen molar-refractivity contribution in [1.29, 1.82) is 0 Å². The van der Waals surface area contributed by atoms with Crippen LogP contribution in [0.25, 0.3) is 0 Å². The molecule has 0 fully saturated rings. The van der Waals surface area contributed by atoms with Gasteiger partial charge in [-0.2, -0.15) is 0 Å². The van der Waals surface area contributed by atoms with E-state index in [2.05, 4.69) is 19.8 Å². The van der Waals surface area contributed by atoms with Crippen molar-refractivity contribution in [1.82, 2.24) is 0 Å². The Morgan fingerprint density at radius 2 is 1.10 bits per heavy atom. The molecule has 0 radical (unpaired) electrons. The summed E-state index contributed by atoms with van der Waals surface area (Å²) in [6.07, 6.45) is 27.9. The van der Waals surface area contributed by atoms with Gasteiger partial charge in [0, 0.05) is 10.5 Å². The molecule has 0 spiro atoms. The molecule has 0 saturated heterocycles. The third-order valence-electron chi connectivity index (χ3n) is 4.56. The maximum absolute atomic E-state index is 12.7. The quantitative estimate of drug-likeness (QED) is 0.0696. The van der Waals surface area contributed by atoms with Gasteiger partial charge in [-0.15, -0.1) is 35.5 Å². The Kier molecular flexibility index (Phi) is 50.4. The maximum Gasteiger partial charge on any atom is 0.106 e. The second kappa shape index (κ2) is 40.0. The van der Waals surface area contributed by atoms with Gasteiger partial charge < -0.3 is 0 Å². The topological polar surface area (TPSA) is 0 Å². The molecule has 0 saturated carbocycles. The minimum atomic E-state index is 0. The van der Waals surface area contributed by atoms with Crippen LogP contribution in [0.5, 0.6) is 0 Å². The highest BCUT2D eigenvalue weighted by atomic mass is 127. The van der Waals surface area contributed by atoms with E-state index in [1.807, 2.05) is 22.6 Å². The van der Waals surface area contributed by atoms with E-state index in [9.17, 15) is 4.39 Å². The number of terminal acetylenes is 1. The van der Waals surface area contributed by atoms with Gasteiger partial charge in [-0.05, 0) is 19.3 Å². The minimum absolute atomic E-state index is 0. The molecule has 0 nitrogen and oxygen atoms in total. The Balaban J connectivity index is -0.000000195. The first-order chi connectivity index (χ1) is 14.1. The fraction of sp³-hybridized carbons (Fsp3) is 0.846. The van der Waals surface area contributed by atoms with E-state index in [0.717, 1.165) is 12.8 Å². The molecule has 0 unspecified atom stereocenters. The molecular formula is C26H50Cl2FI. The van der Waals surface area contributed by atoms with E-state index in [1.54, 1.807) is 4.08 Å². The molecule has 0 aliphatic carbocycles. The van der Waals surface area contributed by atoms with Crippen LogP contribution >= 0.6 is 45.8 Å². The molecule has 0 aromatic rings. The number of rotatable bonds is 17. The average molecular weight is 579 g/mol. The fourth-order valence-electron chi connectivity index (χ4n) is 2.84. The zero-order chi connectivity index (χ0) is 22.4. The van der Waals surface area contributed by atoms with Crippen LogP contribution in [0.2, 0.25) is 0 Å². The number of halogens is 4. The van der Waals surface area contributed by atoms with E-state index < -0.39 is 0 Å². The van der Waals surface area contributed by atoms with Crippen LogP contribution in [0.4, 0.5) is 4.39 Å². The van der Waals surface area contributed by atoms with Crippen molar-refractivity contribution >= 4 is 45.8 Å². The summed E-state index contributed by atoms with van der Waals surface area (Å²) in [5, 5.41) is 0.194. The summed E-state index contributed by atoms with van der Waals surface area (Å²) in [4.78, 5) is 0. The van der Waals surface area contributed by atoms with Crippen molar-refractivity contribution in [2.24, 2.45) is 0 Å². The van der Waals surface area contributed by atoms with Crippen LogP contribution in [0.1, 0.15) is 137 Å². The van der Waals surface area contributed by atoms with Gasteiger partial charge in [0.15, 0.2) is 0 Å². The lowest BCUT2D eigenvalue weighted by molar-refractivity contribution is 0.536. The van der Waals surface area contributed by atoms with E-state index in [1.165, 1.54) is 96.3 Å². The smallest absolute Gasteiger partial charge is 0.106 e. The minimum Gasteiger partial charge on any atom is -0.211 e. The van der Waals surface area contributed by atoms with Gasteiger partial charge in [0.1, 0.15) is 5.83 Å². The molecule has 4 heteroatoms. The van der Waals surface area contributed by atoms with E-state index in [0.29, 0.717) is 6.42 Å². The van der Waals surface area contributed by atoms with Gasteiger partial charge in [-0.1, -0.05) is 134 Å². The molecule has 30 heavy (non-hydrogen) atoms. The van der Waals surface area contributed by atoms with Crippen LogP contribution < -0.4 is 0 Å². The largest absolute Gasteiger partial charge is 0.211 e. The number of hydrogen-bond donors (Lipinski definition) is 0. The molecule has 0 aromatic heterocycles. The van der Waals surface area contributed by atoms with Gasteiger partial charge in [0.2, 0.25) is 0 Å². The SMILES string of the molecule is C.C#CCCCCCCCCCC.CCCCCCCCCC/C(F)=C\I.ClCCl. The van der Waals surface area contributed by atoms with Gasteiger partial charge >= 0.3 is 0 Å². The van der Waals surface area contributed by atoms with Crippen LogP contribution in [-0.2, 0) is 0 Å². The molecule has 0 aliphatic heterocycles. The van der Waals surface area contributed by atoms with Crippen LogP contribution in [-0.4, -0.2) is 5.34 Å². The second-order valence-electron chi connectivity index (χ2n) is 7.31. The standard InChI is InChI=1S/C12H22FI.C12H22.CH2Cl2.CH4/c1-2-3-4-5-6-7-8-9-10-12(13)11-14;1-3-5-7-9-11-12-10-8-6-4-2;2-1-3;/h11H,2-10H2,1H3;1H,4-12H2,2H3;1H2;1H4/b12-11+;;;. The summed E-state index contributed by atoms with van der Waals surface area (Å²) in [6, 6.07) is 0. The molecule has 0 bridgehead atoms. The van der Waals surface area contributed by atoms with Crippen LogP contribution in [0.15, 0.2) is 9.91 Å². The summed E-state index contributed by atoms with van der Waals surface area (Å²) < 4.78 is 14.2. The highest BCUT2D eigenvalue weighted by Crippen LogP contribution is 2.14. The summed E-state index contributed by atoms with van der Waals surface area (Å²) in [5.41, 5.74) is 0.